The summed E-state index contributed by atoms with van der Waals surface area (Å²) in [6.07, 6.45) is 1.98. The van der Waals surface area contributed by atoms with Crippen molar-refractivity contribution in [2.75, 3.05) is 0 Å². The van der Waals surface area contributed by atoms with E-state index >= 15 is 0 Å². The highest BCUT2D eigenvalue weighted by molar-refractivity contribution is 5.95. The van der Waals surface area contributed by atoms with Crippen LogP contribution in [0.1, 0.15) is 30.4 Å². The van der Waals surface area contributed by atoms with E-state index < -0.39 is 18.1 Å². The zero-order valence-corrected chi connectivity index (χ0v) is 12.0. The van der Waals surface area contributed by atoms with Crippen LogP contribution in [0.15, 0.2) is 30.8 Å². The molecule has 1 aliphatic heterocycles. The molecule has 0 radical (unpaired) electrons. The highest BCUT2D eigenvalue weighted by atomic mass is 16.6. The molecule has 1 atom stereocenters. The van der Waals surface area contributed by atoms with Crippen LogP contribution >= 0.6 is 0 Å². The first kappa shape index (κ1) is 15.8. The van der Waals surface area contributed by atoms with Gasteiger partial charge >= 0.3 is 18.0 Å². The second-order valence-electron chi connectivity index (χ2n) is 4.90. The van der Waals surface area contributed by atoms with Gasteiger partial charge in [0.15, 0.2) is 0 Å². The SMILES string of the molecule is C=Cc1ccc(COC(=O)CCC[C@@H]2NC(=O)OC2=O)cc1. The number of alkyl carbamates (subject to hydrolysis) is 1. The van der Waals surface area contributed by atoms with Crippen LogP contribution in [0.2, 0.25) is 0 Å². The maximum Gasteiger partial charge on any atom is 0.415 e. The van der Waals surface area contributed by atoms with Crippen molar-refractivity contribution in [3.63, 3.8) is 0 Å². The fourth-order valence-electron chi connectivity index (χ4n) is 2.02. The van der Waals surface area contributed by atoms with Gasteiger partial charge in [-0.3, -0.25) is 4.79 Å². The van der Waals surface area contributed by atoms with Crippen LogP contribution < -0.4 is 5.32 Å². The number of cyclic esters (lactones) is 2. The number of esters is 2. The maximum atomic E-state index is 11.6. The van der Waals surface area contributed by atoms with Gasteiger partial charge in [0, 0.05) is 6.42 Å². The molecule has 0 aromatic heterocycles. The van der Waals surface area contributed by atoms with Crippen LogP contribution in [0.3, 0.4) is 0 Å². The third-order valence-electron chi connectivity index (χ3n) is 3.26. The number of rotatable bonds is 7. The van der Waals surface area contributed by atoms with Crippen molar-refractivity contribution in [3.8, 4) is 0 Å². The van der Waals surface area contributed by atoms with Crippen LogP contribution in [0.4, 0.5) is 4.79 Å². The number of carbonyl (C=O) groups excluding carboxylic acids is 3. The normalized spacial score (nSPS) is 16.8. The lowest BCUT2D eigenvalue weighted by Crippen LogP contribution is -2.28. The van der Waals surface area contributed by atoms with E-state index in [0.29, 0.717) is 12.8 Å². The zero-order valence-electron chi connectivity index (χ0n) is 12.0. The Morgan fingerprint density at radius 2 is 2.05 bits per heavy atom. The fraction of sp³-hybridized carbons (Fsp3) is 0.312. The van der Waals surface area contributed by atoms with Crippen molar-refractivity contribution in [1.29, 1.82) is 0 Å². The van der Waals surface area contributed by atoms with Crippen LogP contribution in [0.5, 0.6) is 0 Å². The van der Waals surface area contributed by atoms with Gasteiger partial charge in [0.2, 0.25) is 0 Å². The minimum Gasteiger partial charge on any atom is -0.461 e. The third kappa shape index (κ3) is 4.44. The maximum absolute atomic E-state index is 11.6. The molecule has 0 unspecified atom stereocenters. The largest absolute Gasteiger partial charge is 0.461 e. The predicted octanol–water partition coefficient (Wildman–Crippen LogP) is 2.18. The lowest BCUT2D eigenvalue weighted by molar-refractivity contribution is -0.145. The van der Waals surface area contributed by atoms with Gasteiger partial charge in [-0.1, -0.05) is 36.9 Å². The summed E-state index contributed by atoms with van der Waals surface area (Å²) in [5, 5.41) is 2.38. The van der Waals surface area contributed by atoms with Crippen molar-refractivity contribution in [2.24, 2.45) is 0 Å². The Bertz CT molecular complexity index is 579. The first-order valence-electron chi connectivity index (χ1n) is 6.97. The lowest BCUT2D eigenvalue weighted by Gasteiger charge is -2.07. The van der Waals surface area contributed by atoms with Crippen molar-refractivity contribution < 1.29 is 23.9 Å². The molecule has 1 saturated heterocycles. The molecule has 6 heteroatoms. The van der Waals surface area contributed by atoms with Crippen LogP contribution in [0.25, 0.3) is 6.08 Å². The van der Waals surface area contributed by atoms with Gasteiger partial charge in [-0.2, -0.15) is 0 Å². The summed E-state index contributed by atoms with van der Waals surface area (Å²) in [6.45, 7) is 3.87. The number of hydrogen-bond acceptors (Lipinski definition) is 5. The van der Waals surface area contributed by atoms with Gasteiger partial charge in [0.25, 0.3) is 0 Å². The number of amides is 1. The van der Waals surface area contributed by atoms with Gasteiger partial charge in [-0.15, -0.1) is 0 Å². The lowest BCUT2D eigenvalue weighted by atomic mass is 10.1. The fourth-order valence-corrected chi connectivity index (χ4v) is 2.02. The third-order valence-corrected chi connectivity index (χ3v) is 3.26. The van der Waals surface area contributed by atoms with Gasteiger partial charge in [-0.25, -0.2) is 9.59 Å². The highest BCUT2D eigenvalue weighted by Gasteiger charge is 2.31. The standard InChI is InChI=1S/C16H17NO5/c1-2-11-6-8-12(9-7-11)10-21-14(18)5-3-4-13-15(19)22-16(20)17-13/h2,6-9,13H,1,3-5,10H2,(H,17,20)/t13-/m0/s1. The summed E-state index contributed by atoms with van der Waals surface area (Å²) in [6, 6.07) is 6.87. The van der Waals surface area contributed by atoms with Crippen LogP contribution in [-0.2, 0) is 25.7 Å². The molecule has 0 saturated carbocycles. The van der Waals surface area contributed by atoms with Crippen molar-refractivity contribution in [2.45, 2.75) is 31.9 Å². The molecule has 2 rings (SSSR count). The molecule has 1 amide bonds. The van der Waals surface area contributed by atoms with Crippen molar-refractivity contribution in [3.05, 3.63) is 42.0 Å². The van der Waals surface area contributed by atoms with Gasteiger partial charge in [0.1, 0.15) is 12.6 Å². The van der Waals surface area contributed by atoms with E-state index in [1.807, 2.05) is 24.3 Å². The molecule has 1 heterocycles. The first-order chi connectivity index (χ1) is 10.6. The summed E-state index contributed by atoms with van der Waals surface area (Å²) < 4.78 is 9.49. The van der Waals surface area contributed by atoms with Gasteiger partial charge in [0.05, 0.1) is 0 Å². The van der Waals surface area contributed by atoms with E-state index in [1.165, 1.54) is 0 Å². The van der Waals surface area contributed by atoms with Crippen molar-refractivity contribution in [1.82, 2.24) is 5.32 Å². The molecule has 0 bridgehead atoms. The Balaban J connectivity index is 1.66. The summed E-state index contributed by atoms with van der Waals surface area (Å²) >= 11 is 0. The van der Waals surface area contributed by atoms with E-state index in [4.69, 9.17) is 4.74 Å². The highest BCUT2D eigenvalue weighted by Crippen LogP contribution is 2.11. The van der Waals surface area contributed by atoms with Crippen LogP contribution in [-0.4, -0.2) is 24.1 Å². The monoisotopic (exact) mass is 303 g/mol. The number of carbonyl (C=O) groups is 3. The smallest absolute Gasteiger partial charge is 0.415 e. The molecule has 1 aromatic rings. The molecule has 1 aromatic carbocycles. The Morgan fingerprint density at radius 3 is 2.64 bits per heavy atom. The Morgan fingerprint density at radius 1 is 1.32 bits per heavy atom. The molecular weight excluding hydrogens is 286 g/mol. The number of ether oxygens (including phenoxy) is 2. The first-order valence-corrected chi connectivity index (χ1v) is 6.97. The molecule has 1 aliphatic rings. The predicted molar refractivity (Wildman–Crippen MR) is 78.6 cm³/mol. The zero-order chi connectivity index (χ0) is 15.9. The van der Waals surface area contributed by atoms with E-state index in [1.54, 1.807) is 6.08 Å². The molecule has 116 valence electrons. The van der Waals surface area contributed by atoms with Gasteiger partial charge < -0.3 is 14.8 Å². The second kappa shape index (κ2) is 7.40. The minimum absolute atomic E-state index is 0.185. The molecule has 1 fully saturated rings. The van der Waals surface area contributed by atoms with Gasteiger partial charge in [-0.05, 0) is 24.0 Å². The van der Waals surface area contributed by atoms with E-state index in [0.717, 1.165) is 11.1 Å². The Kier molecular flexibility index (Phi) is 5.30. The van der Waals surface area contributed by atoms with E-state index in [9.17, 15) is 14.4 Å². The number of benzene rings is 1. The molecule has 0 aliphatic carbocycles. The van der Waals surface area contributed by atoms with Crippen molar-refractivity contribution >= 4 is 24.1 Å². The summed E-state index contributed by atoms with van der Waals surface area (Å²) in [5.74, 6) is -0.939. The summed E-state index contributed by atoms with van der Waals surface area (Å²) in [5.41, 5.74) is 1.89. The quantitative estimate of drug-likeness (QED) is 0.616. The topological polar surface area (TPSA) is 81.7 Å². The minimum atomic E-state index is -0.736. The average molecular weight is 303 g/mol. The van der Waals surface area contributed by atoms with Crippen LogP contribution in [0, 0.1) is 0 Å². The molecule has 0 spiro atoms. The Hall–Kier alpha value is -2.63. The Labute approximate surface area is 128 Å². The summed E-state index contributed by atoms with van der Waals surface area (Å²) in [7, 11) is 0. The summed E-state index contributed by atoms with van der Waals surface area (Å²) in [4.78, 5) is 33.6. The average Bonchev–Trinajstić information content (AvgIpc) is 2.83. The number of hydrogen-bond donors (Lipinski definition) is 1. The van der Waals surface area contributed by atoms with E-state index in [2.05, 4.69) is 16.6 Å². The molecule has 6 nitrogen and oxygen atoms in total. The van der Waals surface area contributed by atoms with E-state index in [-0.39, 0.29) is 19.0 Å². The molecule has 1 N–H and O–H groups in total. The molecule has 22 heavy (non-hydrogen) atoms. The molecular formula is C16H17NO5. The number of nitrogens with one attached hydrogen (secondary N) is 1. The second-order valence-corrected chi connectivity index (χ2v) is 4.90.